The first-order valence-electron chi connectivity index (χ1n) is 21.2. The Morgan fingerprint density at radius 1 is 0.317 bits per heavy atom. The minimum absolute atomic E-state index is 0.632. The van der Waals surface area contributed by atoms with Crippen molar-refractivity contribution >= 4 is 75.1 Å². The van der Waals surface area contributed by atoms with Crippen LogP contribution >= 0.6 is 11.3 Å². The summed E-state index contributed by atoms with van der Waals surface area (Å²) in [7, 11) is 0. The van der Waals surface area contributed by atoms with Crippen LogP contribution in [0, 0.1) is 0 Å². The summed E-state index contributed by atoms with van der Waals surface area (Å²) in [6.45, 7) is 0. The second-order valence-electron chi connectivity index (χ2n) is 16.0. The molecule has 0 bridgehead atoms. The number of rotatable bonds is 6. The lowest BCUT2D eigenvalue weighted by atomic mass is 10.0. The second-order valence-corrected chi connectivity index (χ2v) is 17.0. The summed E-state index contributed by atoms with van der Waals surface area (Å²) in [5.41, 5.74) is 12.1. The van der Waals surface area contributed by atoms with E-state index in [9.17, 15) is 0 Å². The highest BCUT2D eigenvalue weighted by atomic mass is 32.1. The minimum Gasteiger partial charge on any atom is -0.309 e. The molecule has 0 N–H and O–H groups in total. The van der Waals surface area contributed by atoms with Crippen LogP contribution < -0.4 is 0 Å². The Hall–Kier alpha value is -8.19. The molecular formula is C57H35N5S. The molecule has 0 aliphatic rings. The highest BCUT2D eigenvalue weighted by Crippen LogP contribution is 2.46. The smallest absolute Gasteiger partial charge is 0.166 e. The molecule has 0 amide bonds. The Morgan fingerprint density at radius 2 is 0.905 bits per heavy atom. The zero-order valence-electron chi connectivity index (χ0n) is 33.9. The molecule has 4 heterocycles. The molecule has 0 saturated carbocycles. The summed E-state index contributed by atoms with van der Waals surface area (Å²) in [5, 5.41) is 7.30. The second kappa shape index (κ2) is 14.2. The molecule has 0 saturated heterocycles. The van der Waals surface area contributed by atoms with Crippen LogP contribution in [-0.4, -0.2) is 24.1 Å². The van der Waals surface area contributed by atoms with Crippen LogP contribution in [0.25, 0.3) is 120 Å². The predicted molar refractivity (Wildman–Crippen MR) is 263 cm³/mol. The molecule has 0 spiro atoms. The first-order chi connectivity index (χ1) is 31.2. The monoisotopic (exact) mass is 821 g/mol. The quantitative estimate of drug-likeness (QED) is 0.168. The maximum Gasteiger partial charge on any atom is 0.166 e. The van der Waals surface area contributed by atoms with Gasteiger partial charge in [-0.25, -0.2) is 15.0 Å². The van der Waals surface area contributed by atoms with Crippen LogP contribution in [0.2, 0.25) is 0 Å². The fraction of sp³-hybridized carbons (Fsp3) is 0. The normalized spacial score (nSPS) is 11.8. The Balaban J connectivity index is 1.06. The van der Waals surface area contributed by atoms with Crippen LogP contribution in [0.15, 0.2) is 212 Å². The van der Waals surface area contributed by atoms with Crippen LogP contribution in [0.4, 0.5) is 0 Å². The summed E-state index contributed by atoms with van der Waals surface area (Å²) in [4.78, 5) is 15.4. The molecule has 0 aliphatic heterocycles. The zero-order valence-corrected chi connectivity index (χ0v) is 34.7. The summed E-state index contributed by atoms with van der Waals surface area (Å²) < 4.78 is 7.35. The molecule has 5 nitrogen and oxygen atoms in total. The molecule has 0 atom stereocenters. The van der Waals surface area contributed by atoms with Crippen LogP contribution in [-0.2, 0) is 0 Å². The molecule has 13 aromatic rings. The fourth-order valence-electron chi connectivity index (χ4n) is 9.51. The highest BCUT2D eigenvalue weighted by Gasteiger charge is 2.23. The highest BCUT2D eigenvalue weighted by molar-refractivity contribution is 7.26. The number of aromatic nitrogens is 5. The standard InChI is InChI=1S/C57H35N5S/c1-5-16-36(17-6-1)39-28-32-50-47(34-39)42-24-13-14-27-49(42)61(50)41-29-33-51-48(35-41)45-31-30-44-43-25-15-26-46(52(43)62(53(44)54(45)63-51)40-22-11-4-12-23-40)57-59-55(37-18-7-2-8-19-37)58-56(60-57)38-20-9-3-10-21-38/h1-35H. The van der Waals surface area contributed by atoms with E-state index in [1.165, 1.54) is 64.0 Å². The van der Waals surface area contributed by atoms with E-state index in [0.717, 1.165) is 39.0 Å². The topological polar surface area (TPSA) is 48.5 Å². The van der Waals surface area contributed by atoms with Crippen molar-refractivity contribution in [3.63, 3.8) is 0 Å². The summed E-state index contributed by atoms with van der Waals surface area (Å²) in [6, 6.07) is 75.5. The van der Waals surface area contributed by atoms with Gasteiger partial charge in [0.2, 0.25) is 0 Å². The lowest BCUT2D eigenvalue weighted by molar-refractivity contribution is 1.07. The average Bonchev–Trinajstić information content (AvgIpc) is 4.02. The third kappa shape index (κ3) is 5.66. The van der Waals surface area contributed by atoms with Crippen LogP contribution in [0.3, 0.4) is 0 Å². The van der Waals surface area contributed by atoms with E-state index in [-0.39, 0.29) is 0 Å². The zero-order chi connectivity index (χ0) is 41.4. The van der Waals surface area contributed by atoms with Crippen molar-refractivity contribution in [2.75, 3.05) is 0 Å². The molecule has 294 valence electrons. The molecule has 0 aliphatic carbocycles. The van der Waals surface area contributed by atoms with Gasteiger partial charge in [0.05, 0.1) is 26.8 Å². The van der Waals surface area contributed by atoms with Gasteiger partial charge in [0.15, 0.2) is 17.5 Å². The predicted octanol–water partition coefficient (Wildman–Crippen LogP) is 15.1. The molecule has 63 heavy (non-hydrogen) atoms. The van der Waals surface area contributed by atoms with Gasteiger partial charge in [0.25, 0.3) is 0 Å². The summed E-state index contributed by atoms with van der Waals surface area (Å²) >= 11 is 1.86. The van der Waals surface area contributed by atoms with Gasteiger partial charge in [-0.15, -0.1) is 11.3 Å². The summed E-state index contributed by atoms with van der Waals surface area (Å²) in [5.74, 6) is 1.91. The number of thiophene rings is 1. The van der Waals surface area contributed by atoms with Crippen molar-refractivity contribution in [3.05, 3.63) is 212 Å². The Kier molecular flexibility index (Phi) is 8.01. The van der Waals surface area contributed by atoms with Gasteiger partial charge in [0.1, 0.15) is 0 Å². The molecule has 13 rings (SSSR count). The minimum atomic E-state index is 0.632. The van der Waals surface area contributed by atoms with E-state index in [0.29, 0.717) is 17.5 Å². The van der Waals surface area contributed by atoms with Crippen molar-refractivity contribution < 1.29 is 0 Å². The van der Waals surface area contributed by atoms with E-state index >= 15 is 0 Å². The number of hydrogen-bond donors (Lipinski definition) is 0. The molecule has 6 heteroatoms. The van der Waals surface area contributed by atoms with Crippen molar-refractivity contribution in [2.24, 2.45) is 0 Å². The van der Waals surface area contributed by atoms with Crippen LogP contribution in [0.5, 0.6) is 0 Å². The van der Waals surface area contributed by atoms with Crippen LogP contribution in [0.1, 0.15) is 0 Å². The fourth-order valence-corrected chi connectivity index (χ4v) is 10.7. The maximum absolute atomic E-state index is 5.21. The Labute approximate surface area is 366 Å². The third-order valence-corrected chi connectivity index (χ3v) is 13.6. The largest absolute Gasteiger partial charge is 0.309 e. The third-order valence-electron chi connectivity index (χ3n) is 12.4. The number of nitrogens with zero attached hydrogens (tertiary/aromatic N) is 5. The summed E-state index contributed by atoms with van der Waals surface area (Å²) in [6.07, 6.45) is 0. The van der Waals surface area contributed by atoms with E-state index in [4.69, 9.17) is 15.0 Å². The van der Waals surface area contributed by atoms with Crippen molar-refractivity contribution in [1.29, 1.82) is 0 Å². The van der Waals surface area contributed by atoms with Crippen molar-refractivity contribution in [1.82, 2.24) is 24.1 Å². The molecule has 0 fully saturated rings. The number of benzene rings is 9. The van der Waals surface area contributed by atoms with Crippen molar-refractivity contribution in [2.45, 2.75) is 0 Å². The van der Waals surface area contributed by atoms with Gasteiger partial charge in [-0.2, -0.15) is 0 Å². The molecular weight excluding hydrogens is 787 g/mol. The number of fused-ring (bicyclic) bond motifs is 10. The number of para-hydroxylation sites is 3. The first-order valence-corrected chi connectivity index (χ1v) is 22.0. The first kappa shape index (κ1) is 35.6. The van der Waals surface area contributed by atoms with Gasteiger partial charge in [-0.05, 0) is 65.7 Å². The van der Waals surface area contributed by atoms with Gasteiger partial charge in [-0.1, -0.05) is 158 Å². The van der Waals surface area contributed by atoms with Gasteiger partial charge < -0.3 is 9.13 Å². The molecule has 0 unspecified atom stereocenters. The molecule has 0 radical (unpaired) electrons. The van der Waals surface area contributed by atoms with E-state index in [1.54, 1.807) is 0 Å². The molecule has 4 aromatic heterocycles. The number of hydrogen-bond acceptors (Lipinski definition) is 4. The van der Waals surface area contributed by atoms with E-state index in [1.807, 2.05) is 47.7 Å². The van der Waals surface area contributed by atoms with Gasteiger partial charge in [0, 0.05) is 65.1 Å². The maximum atomic E-state index is 5.21. The van der Waals surface area contributed by atoms with Crippen molar-refractivity contribution in [3.8, 4) is 56.7 Å². The van der Waals surface area contributed by atoms with E-state index in [2.05, 4.69) is 185 Å². The SMILES string of the molecule is c1ccc(-c2ccc3c(c2)c2ccccc2n3-c2ccc3sc4c(ccc5c6cccc(-c7nc(-c8ccccc8)nc(-c8ccccc8)n7)c6n(-c6ccccc6)c54)c3c2)cc1. The lowest BCUT2D eigenvalue weighted by Crippen LogP contribution is -2.02. The molecule has 9 aromatic carbocycles. The van der Waals surface area contributed by atoms with Gasteiger partial charge >= 0.3 is 0 Å². The Morgan fingerprint density at radius 3 is 1.63 bits per heavy atom. The lowest BCUT2D eigenvalue weighted by Gasteiger charge is -2.13. The van der Waals surface area contributed by atoms with Gasteiger partial charge in [-0.3, -0.25) is 0 Å². The van der Waals surface area contributed by atoms with E-state index < -0.39 is 0 Å². The Bertz CT molecular complexity index is 3830. The average molecular weight is 822 g/mol.